The highest BCUT2D eigenvalue weighted by Crippen LogP contribution is 2.37. The van der Waals surface area contributed by atoms with Crippen LogP contribution < -0.4 is 10.5 Å². The summed E-state index contributed by atoms with van der Waals surface area (Å²) in [6.45, 7) is 10.5. The van der Waals surface area contributed by atoms with Crippen LogP contribution in [0.1, 0.15) is 43.9 Å². The fourth-order valence-corrected chi connectivity index (χ4v) is 5.17. The van der Waals surface area contributed by atoms with Crippen LogP contribution in [0.5, 0.6) is 0 Å². The summed E-state index contributed by atoms with van der Waals surface area (Å²) in [7, 11) is 0. The van der Waals surface area contributed by atoms with Crippen molar-refractivity contribution in [3.63, 3.8) is 0 Å². The molecule has 0 radical (unpaired) electrons. The zero-order chi connectivity index (χ0) is 22.0. The number of rotatable bonds is 5. The average molecular weight is 447 g/mol. The number of thioether (sulfide) groups is 1. The Kier molecular flexibility index (Phi) is 7.01. The van der Waals surface area contributed by atoms with Crippen molar-refractivity contribution in [2.24, 2.45) is 0 Å². The molecule has 0 aliphatic carbocycles. The number of thiocarbonyl (C=S) groups is 1. The molecule has 1 atom stereocenters. The molecule has 1 amide bonds. The van der Waals surface area contributed by atoms with Gasteiger partial charge in [-0.05, 0) is 38.8 Å². The van der Waals surface area contributed by atoms with Crippen molar-refractivity contribution < 1.29 is 9.53 Å². The van der Waals surface area contributed by atoms with E-state index < -0.39 is 0 Å². The van der Waals surface area contributed by atoms with Gasteiger partial charge in [0.15, 0.2) is 0 Å². The van der Waals surface area contributed by atoms with Gasteiger partial charge in [-0.15, -0.1) is 0 Å². The first kappa shape index (κ1) is 22.5. The third kappa shape index (κ3) is 3.92. The summed E-state index contributed by atoms with van der Waals surface area (Å²) in [5.41, 5.74) is 1.11. The number of morpholine rings is 1. The Morgan fingerprint density at radius 2 is 1.97 bits per heavy atom. The SMILES string of the molecule is CCC(C)N1C(=O)/C(=C/c2c(C)c(C#N)c(=O)n(CC)c2N2CCOCC2)SC1=S. The number of hydrogen-bond acceptors (Lipinski definition) is 7. The molecule has 0 N–H and O–H groups in total. The summed E-state index contributed by atoms with van der Waals surface area (Å²) in [6, 6.07) is 2.07. The van der Waals surface area contributed by atoms with Crippen LogP contribution in [0, 0.1) is 18.3 Å². The van der Waals surface area contributed by atoms with Gasteiger partial charge in [-0.2, -0.15) is 5.26 Å². The topological polar surface area (TPSA) is 78.6 Å². The van der Waals surface area contributed by atoms with Crippen molar-refractivity contribution in [2.75, 3.05) is 31.2 Å². The van der Waals surface area contributed by atoms with Crippen LogP contribution in [0.2, 0.25) is 0 Å². The van der Waals surface area contributed by atoms with Gasteiger partial charge in [0.05, 0.1) is 18.1 Å². The molecule has 0 saturated carbocycles. The Balaban J connectivity index is 2.22. The van der Waals surface area contributed by atoms with Crippen LogP contribution in [0.3, 0.4) is 0 Å². The lowest BCUT2D eigenvalue weighted by Gasteiger charge is -2.33. The highest BCUT2D eigenvalue weighted by atomic mass is 32.2. The maximum atomic E-state index is 13.1. The molecule has 9 heteroatoms. The number of carbonyl (C=O) groups is 1. The number of aromatic nitrogens is 1. The lowest BCUT2D eigenvalue weighted by atomic mass is 10.0. The van der Waals surface area contributed by atoms with Crippen molar-refractivity contribution in [1.82, 2.24) is 9.47 Å². The Bertz CT molecular complexity index is 1000. The molecule has 2 fully saturated rings. The van der Waals surface area contributed by atoms with Crippen LogP contribution in [0.4, 0.5) is 5.82 Å². The third-order valence-corrected chi connectivity index (χ3v) is 6.93. The van der Waals surface area contributed by atoms with Crippen LogP contribution in [-0.2, 0) is 16.1 Å². The van der Waals surface area contributed by atoms with Crippen molar-refractivity contribution in [3.8, 4) is 6.07 Å². The predicted octanol–water partition coefficient (Wildman–Crippen LogP) is 2.88. The van der Waals surface area contributed by atoms with E-state index in [0.717, 1.165) is 17.8 Å². The van der Waals surface area contributed by atoms with E-state index in [0.29, 0.717) is 47.6 Å². The van der Waals surface area contributed by atoms with Crippen molar-refractivity contribution >= 4 is 46.1 Å². The number of carbonyl (C=O) groups excluding carboxylic acids is 1. The minimum Gasteiger partial charge on any atom is -0.378 e. The molecule has 2 saturated heterocycles. The molecule has 2 aliphatic rings. The lowest BCUT2D eigenvalue weighted by Crippen LogP contribution is -2.41. The van der Waals surface area contributed by atoms with E-state index in [-0.39, 0.29) is 23.1 Å². The summed E-state index contributed by atoms with van der Waals surface area (Å²) in [6.07, 6.45) is 2.60. The minimum atomic E-state index is -0.303. The Morgan fingerprint density at radius 3 is 2.53 bits per heavy atom. The van der Waals surface area contributed by atoms with Gasteiger partial charge in [0, 0.05) is 31.2 Å². The minimum absolute atomic E-state index is 0.0162. The number of nitrogens with zero attached hydrogens (tertiary/aromatic N) is 4. The molecule has 3 heterocycles. The first-order valence-corrected chi connectivity index (χ1v) is 11.3. The lowest BCUT2D eigenvalue weighted by molar-refractivity contribution is -0.123. The van der Waals surface area contributed by atoms with Crippen LogP contribution >= 0.6 is 24.0 Å². The monoisotopic (exact) mass is 446 g/mol. The Morgan fingerprint density at radius 1 is 1.30 bits per heavy atom. The molecule has 0 spiro atoms. The first-order valence-electron chi connectivity index (χ1n) is 10.1. The molecule has 2 aliphatic heterocycles. The summed E-state index contributed by atoms with van der Waals surface area (Å²) < 4.78 is 7.64. The maximum absolute atomic E-state index is 13.1. The molecular formula is C21H26N4O3S2. The van der Waals surface area contributed by atoms with Crippen molar-refractivity contribution in [2.45, 2.75) is 46.7 Å². The fraction of sp³-hybridized carbons (Fsp3) is 0.524. The molecule has 30 heavy (non-hydrogen) atoms. The molecule has 1 aromatic heterocycles. The molecule has 1 unspecified atom stereocenters. The smallest absolute Gasteiger partial charge is 0.270 e. The zero-order valence-electron chi connectivity index (χ0n) is 17.7. The standard InChI is InChI=1S/C21H26N4O3S2/c1-5-13(3)25-20(27)17(30-21(25)29)11-15-14(4)16(12-22)19(26)24(6-2)18(15)23-7-9-28-10-8-23/h11,13H,5-10H2,1-4H3/b17-11-. The van der Waals surface area contributed by atoms with Gasteiger partial charge in [-0.3, -0.25) is 19.1 Å². The molecule has 0 bridgehead atoms. The van der Waals surface area contributed by atoms with Crippen LogP contribution in [0.25, 0.3) is 6.08 Å². The zero-order valence-corrected chi connectivity index (χ0v) is 19.4. The van der Waals surface area contributed by atoms with Crippen LogP contribution in [-0.4, -0.2) is 52.0 Å². The fourth-order valence-electron chi connectivity index (χ4n) is 3.73. The number of anilines is 1. The molecular weight excluding hydrogens is 420 g/mol. The highest BCUT2D eigenvalue weighted by molar-refractivity contribution is 8.26. The number of hydrogen-bond donors (Lipinski definition) is 0. The maximum Gasteiger partial charge on any atom is 0.270 e. The van der Waals surface area contributed by atoms with Gasteiger partial charge >= 0.3 is 0 Å². The summed E-state index contributed by atoms with van der Waals surface area (Å²) >= 11 is 6.73. The third-order valence-electron chi connectivity index (χ3n) is 5.60. The van der Waals surface area contributed by atoms with Gasteiger partial charge in [-0.25, -0.2) is 0 Å². The van der Waals surface area contributed by atoms with E-state index in [1.54, 1.807) is 22.5 Å². The predicted molar refractivity (Wildman–Crippen MR) is 124 cm³/mol. The normalized spacial score (nSPS) is 19.5. The molecule has 0 aromatic carbocycles. The van der Waals surface area contributed by atoms with Crippen molar-refractivity contribution in [1.29, 1.82) is 5.26 Å². The Hall–Kier alpha value is -2.15. The van der Waals surface area contributed by atoms with E-state index >= 15 is 0 Å². The van der Waals surface area contributed by atoms with Gasteiger partial charge in [-0.1, -0.05) is 30.9 Å². The first-order chi connectivity index (χ1) is 14.3. The van der Waals surface area contributed by atoms with E-state index in [1.807, 2.05) is 20.8 Å². The van der Waals surface area contributed by atoms with Gasteiger partial charge in [0.25, 0.3) is 11.5 Å². The molecule has 1 aromatic rings. The van der Waals surface area contributed by atoms with Gasteiger partial charge < -0.3 is 9.64 Å². The largest absolute Gasteiger partial charge is 0.378 e. The second-order valence-electron chi connectivity index (χ2n) is 7.31. The summed E-state index contributed by atoms with van der Waals surface area (Å²) in [4.78, 5) is 30.3. The summed E-state index contributed by atoms with van der Waals surface area (Å²) in [5.74, 6) is 0.607. The number of ether oxygens (including phenoxy) is 1. The summed E-state index contributed by atoms with van der Waals surface area (Å²) in [5, 5.41) is 9.63. The van der Waals surface area contributed by atoms with E-state index in [1.165, 1.54) is 11.8 Å². The number of amides is 1. The second-order valence-corrected chi connectivity index (χ2v) is 8.98. The van der Waals surface area contributed by atoms with Crippen molar-refractivity contribution in [3.05, 3.63) is 31.9 Å². The van der Waals surface area contributed by atoms with E-state index in [2.05, 4.69) is 11.0 Å². The second kappa shape index (κ2) is 9.33. The average Bonchev–Trinajstić information content (AvgIpc) is 3.03. The molecule has 160 valence electrons. The van der Waals surface area contributed by atoms with E-state index in [9.17, 15) is 14.9 Å². The number of pyridine rings is 1. The van der Waals surface area contributed by atoms with Crippen LogP contribution in [0.15, 0.2) is 9.70 Å². The number of nitriles is 1. The quantitative estimate of drug-likeness (QED) is 0.508. The van der Waals surface area contributed by atoms with E-state index in [4.69, 9.17) is 17.0 Å². The van der Waals surface area contributed by atoms with Gasteiger partial charge in [0.2, 0.25) is 0 Å². The highest BCUT2D eigenvalue weighted by Gasteiger charge is 2.35. The Labute approximate surface area is 186 Å². The molecule has 7 nitrogen and oxygen atoms in total. The molecule has 3 rings (SSSR count). The van der Waals surface area contributed by atoms with Gasteiger partial charge in [0.1, 0.15) is 21.8 Å².